The topological polar surface area (TPSA) is 45.2 Å². The number of likely N-dealkylation sites (tertiary alicyclic amines) is 1. The van der Waals surface area contributed by atoms with Crippen molar-refractivity contribution in [3.05, 3.63) is 30.1 Å². The summed E-state index contributed by atoms with van der Waals surface area (Å²) in [6, 6.07) is 4.34. The predicted molar refractivity (Wildman–Crippen MR) is 75.8 cm³/mol. The Kier molecular flexibility index (Phi) is 5.33. The molecule has 0 radical (unpaired) electrons. The number of rotatable bonds is 5. The van der Waals surface area contributed by atoms with E-state index in [4.69, 9.17) is 0 Å². The molecule has 1 aromatic heterocycles. The van der Waals surface area contributed by atoms with E-state index in [1.165, 1.54) is 12.0 Å². The molecule has 19 heavy (non-hydrogen) atoms. The Labute approximate surface area is 115 Å². The summed E-state index contributed by atoms with van der Waals surface area (Å²) in [5.74, 6) is 0.289. The molecule has 1 aliphatic rings. The van der Waals surface area contributed by atoms with Gasteiger partial charge in [-0.2, -0.15) is 0 Å². The van der Waals surface area contributed by atoms with Gasteiger partial charge < -0.3 is 10.2 Å². The minimum absolute atomic E-state index is 0.289. The average Bonchev–Trinajstić information content (AvgIpc) is 2.47. The van der Waals surface area contributed by atoms with E-state index < -0.39 is 0 Å². The Morgan fingerprint density at radius 2 is 2.21 bits per heavy atom. The van der Waals surface area contributed by atoms with Crippen LogP contribution in [0.5, 0.6) is 0 Å². The van der Waals surface area contributed by atoms with Gasteiger partial charge in [0.15, 0.2) is 0 Å². The third kappa shape index (κ3) is 4.03. The minimum atomic E-state index is 0.289. The fourth-order valence-corrected chi connectivity index (χ4v) is 2.72. The predicted octanol–water partition coefficient (Wildman–Crippen LogP) is 1.61. The van der Waals surface area contributed by atoms with Crippen molar-refractivity contribution in [3.8, 4) is 0 Å². The van der Waals surface area contributed by atoms with Gasteiger partial charge >= 0.3 is 0 Å². The number of carbonyl (C=O) groups is 1. The zero-order valence-corrected chi connectivity index (χ0v) is 11.6. The molecule has 0 bridgehead atoms. The maximum atomic E-state index is 12.3. The van der Waals surface area contributed by atoms with Crippen LogP contribution in [0.3, 0.4) is 0 Å². The molecule has 4 nitrogen and oxygen atoms in total. The van der Waals surface area contributed by atoms with Crippen molar-refractivity contribution < 1.29 is 4.79 Å². The SMILES string of the molecule is CNCC1CCCCN1C(=O)CCc1ccncc1. The van der Waals surface area contributed by atoms with Crippen molar-refractivity contribution in [1.82, 2.24) is 15.2 Å². The zero-order valence-electron chi connectivity index (χ0n) is 11.6. The van der Waals surface area contributed by atoms with Gasteiger partial charge in [0.05, 0.1) is 0 Å². The number of amides is 1. The standard InChI is InChI=1S/C15H23N3O/c1-16-12-14-4-2-3-11-18(14)15(19)6-5-13-7-9-17-10-8-13/h7-10,14,16H,2-6,11-12H2,1H3. The fourth-order valence-electron chi connectivity index (χ4n) is 2.72. The van der Waals surface area contributed by atoms with Crippen LogP contribution in [-0.4, -0.2) is 42.0 Å². The highest BCUT2D eigenvalue weighted by Crippen LogP contribution is 2.18. The third-order valence-electron chi connectivity index (χ3n) is 3.76. The second kappa shape index (κ2) is 7.24. The summed E-state index contributed by atoms with van der Waals surface area (Å²) in [7, 11) is 1.95. The maximum absolute atomic E-state index is 12.3. The average molecular weight is 261 g/mol. The number of aromatic nitrogens is 1. The van der Waals surface area contributed by atoms with Crippen LogP contribution in [0, 0.1) is 0 Å². The van der Waals surface area contributed by atoms with Crippen molar-refractivity contribution in [1.29, 1.82) is 0 Å². The first kappa shape index (κ1) is 14.0. The Bertz CT molecular complexity index is 392. The molecule has 2 rings (SSSR count). The largest absolute Gasteiger partial charge is 0.338 e. The summed E-state index contributed by atoms with van der Waals surface area (Å²) in [5, 5.41) is 3.19. The normalized spacial score (nSPS) is 19.4. The quantitative estimate of drug-likeness (QED) is 0.876. The highest BCUT2D eigenvalue weighted by atomic mass is 16.2. The van der Waals surface area contributed by atoms with Gasteiger partial charge in [-0.15, -0.1) is 0 Å². The summed E-state index contributed by atoms with van der Waals surface area (Å²) in [5.41, 5.74) is 1.19. The third-order valence-corrected chi connectivity index (χ3v) is 3.76. The summed E-state index contributed by atoms with van der Waals surface area (Å²) in [6.07, 6.45) is 8.48. The van der Waals surface area contributed by atoms with E-state index in [0.717, 1.165) is 32.4 Å². The lowest BCUT2D eigenvalue weighted by Gasteiger charge is -2.36. The van der Waals surface area contributed by atoms with Gasteiger partial charge in [-0.05, 0) is 50.4 Å². The van der Waals surface area contributed by atoms with E-state index >= 15 is 0 Å². The molecule has 0 aromatic carbocycles. The minimum Gasteiger partial charge on any atom is -0.338 e. The second-order valence-electron chi connectivity index (χ2n) is 5.15. The van der Waals surface area contributed by atoms with Crippen LogP contribution in [0.25, 0.3) is 0 Å². The summed E-state index contributed by atoms with van der Waals surface area (Å²) in [6.45, 7) is 1.82. The summed E-state index contributed by atoms with van der Waals surface area (Å²) >= 11 is 0. The lowest BCUT2D eigenvalue weighted by molar-refractivity contribution is -0.134. The molecule has 0 saturated carbocycles. The van der Waals surface area contributed by atoms with Crippen molar-refractivity contribution in [2.75, 3.05) is 20.1 Å². The second-order valence-corrected chi connectivity index (χ2v) is 5.15. The van der Waals surface area contributed by atoms with Gasteiger partial charge in [-0.25, -0.2) is 0 Å². The number of carbonyl (C=O) groups excluding carboxylic acids is 1. The van der Waals surface area contributed by atoms with Crippen molar-refractivity contribution >= 4 is 5.91 Å². The van der Waals surface area contributed by atoms with Gasteiger partial charge in [0.2, 0.25) is 5.91 Å². The first-order chi connectivity index (χ1) is 9.31. The molecule has 1 unspecified atom stereocenters. The van der Waals surface area contributed by atoms with Crippen LogP contribution in [0.2, 0.25) is 0 Å². The van der Waals surface area contributed by atoms with Gasteiger partial charge in [-0.1, -0.05) is 0 Å². The Balaban J connectivity index is 1.87. The molecule has 2 heterocycles. The molecule has 1 fully saturated rings. The van der Waals surface area contributed by atoms with E-state index in [2.05, 4.69) is 15.2 Å². The highest BCUT2D eigenvalue weighted by Gasteiger charge is 2.25. The Morgan fingerprint density at radius 1 is 1.42 bits per heavy atom. The number of aryl methyl sites for hydroxylation is 1. The van der Waals surface area contributed by atoms with Crippen LogP contribution >= 0.6 is 0 Å². The molecule has 0 aliphatic carbocycles. The first-order valence-corrected chi connectivity index (χ1v) is 7.14. The van der Waals surface area contributed by atoms with Gasteiger partial charge in [-0.3, -0.25) is 9.78 Å². The van der Waals surface area contributed by atoms with Crippen LogP contribution in [-0.2, 0) is 11.2 Å². The van der Waals surface area contributed by atoms with E-state index in [0.29, 0.717) is 12.5 Å². The van der Waals surface area contributed by atoms with Crippen molar-refractivity contribution in [2.45, 2.75) is 38.1 Å². The smallest absolute Gasteiger partial charge is 0.223 e. The van der Waals surface area contributed by atoms with E-state index in [1.807, 2.05) is 19.2 Å². The molecule has 0 spiro atoms. The molecule has 1 aromatic rings. The highest BCUT2D eigenvalue weighted by molar-refractivity contribution is 5.77. The molecule has 1 saturated heterocycles. The molecule has 1 atom stereocenters. The van der Waals surface area contributed by atoms with Crippen LogP contribution in [0.1, 0.15) is 31.2 Å². The molecule has 1 N–H and O–H groups in total. The number of hydrogen-bond acceptors (Lipinski definition) is 3. The number of nitrogens with zero attached hydrogens (tertiary/aromatic N) is 2. The van der Waals surface area contributed by atoms with E-state index in [-0.39, 0.29) is 5.91 Å². The van der Waals surface area contributed by atoms with Crippen molar-refractivity contribution in [3.63, 3.8) is 0 Å². The van der Waals surface area contributed by atoms with E-state index in [1.54, 1.807) is 12.4 Å². The molecule has 104 valence electrons. The van der Waals surface area contributed by atoms with Gasteiger partial charge in [0, 0.05) is 37.9 Å². The van der Waals surface area contributed by atoms with Crippen LogP contribution in [0.4, 0.5) is 0 Å². The van der Waals surface area contributed by atoms with Crippen LogP contribution in [0.15, 0.2) is 24.5 Å². The molecule has 1 amide bonds. The lowest BCUT2D eigenvalue weighted by atomic mass is 10.0. The molecular formula is C15H23N3O. The lowest BCUT2D eigenvalue weighted by Crippen LogP contribution is -2.48. The summed E-state index contributed by atoms with van der Waals surface area (Å²) in [4.78, 5) is 18.4. The molecule has 1 aliphatic heterocycles. The first-order valence-electron chi connectivity index (χ1n) is 7.14. The van der Waals surface area contributed by atoms with Crippen molar-refractivity contribution in [2.24, 2.45) is 0 Å². The summed E-state index contributed by atoms with van der Waals surface area (Å²) < 4.78 is 0. The zero-order chi connectivity index (χ0) is 13.5. The van der Waals surface area contributed by atoms with E-state index in [9.17, 15) is 4.79 Å². The van der Waals surface area contributed by atoms with Gasteiger partial charge in [0.1, 0.15) is 0 Å². The number of hydrogen-bond donors (Lipinski definition) is 1. The number of likely N-dealkylation sites (N-methyl/N-ethyl adjacent to an activating group) is 1. The monoisotopic (exact) mass is 261 g/mol. The number of nitrogens with one attached hydrogen (secondary N) is 1. The maximum Gasteiger partial charge on any atom is 0.223 e. The molecular weight excluding hydrogens is 238 g/mol. The molecule has 4 heteroatoms. The number of pyridine rings is 1. The number of piperidine rings is 1. The van der Waals surface area contributed by atoms with Gasteiger partial charge in [0.25, 0.3) is 0 Å². The van der Waals surface area contributed by atoms with Crippen LogP contribution < -0.4 is 5.32 Å². The fraction of sp³-hybridized carbons (Fsp3) is 0.600. The Hall–Kier alpha value is -1.42. The Morgan fingerprint density at radius 3 is 2.95 bits per heavy atom.